The molecule has 0 atom stereocenters. The first-order chi connectivity index (χ1) is 9.43. The van der Waals surface area contributed by atoms with E-state index < -0.39 is 5.97 Å². The van der Waals surface area contributed by atoms with Crippen LogP contribution in [-0.4, -0.2) is 42.1 Å². The molecule has 6 heteroatoms. The van der Waals surface area contributed by atoms with Gasteiger partial charge >= 0.3 is 5.97 Å². The van der Waals surface area contributed by atoms with Gasteiger partial charge in [-0.3, -0.25) is 4.68 Å². The standard InChI is InChI=1S/C14H17N3O3/c1-16(2)9-5-6-13(20-4)10(7-9)12-8-11(14(18)19)15-17(12)3/h5-8H,1-4H3,(H,18,19). The summed E-state index contributed by atoms with van der Waals surface area (Å²) < 4.78 is 6.89. The highest BCUT2D eigenvalue weighted by molar-refractivity contribution is 5.87. The summed E-state index contributed by atoms with van der Waals surface area (Å²) in [5, 5.41) is 13.0. The molecule has 20 heavy (non-hydrogen) atoms. The molecule has 1 heterocycles. The van der Waals surface area contributed by atoms with Crippen molar-refractivity contribution in [2.45, 2.75) is 0 Å². The number of aryl methyl sites for hydroxylation is 1. The molecule has 0 aliphatic carbocycles. The first-order valence-corrected chi connectivity index (χ1v) is 6.07. The van der Waals surface area contributed by atoms with E-state index in [1.165, 1.54) is 0 Å². The summed E-state index contributed by atoms with van der Waals surface area (Å²) in [5.74, 6) is -0.370. The smallest absolute Gasteiger partial charge is 0.356 e. The Balaban J connectivity index is 2.60. The van der Waals surface area contributed by atoms with Crippen molar-refractivity contribution in [3.8, 4) is 17.0 Å². The number of carboxylic acids is 1. The van der Waals surface area contributed by atoms with Crippen molar-refractivity contribution >= 4 is 11.7 Å². The highest BCUT2D eigenvalue weighted by Crippen LogP contribution is 2.33. The molecule has 106 valence electrons. The van der Waals surface area contributed by atoms with Crippen LogP contribution in [0.3, 0.4) is 0 Å². The number of rotatable bonds is 4. The Morgan fingerprint density at radius 3 is 2.55 bits per heavy atom. The van der Waals surface area contributed by atoms with Crippen LogP contribution in [0.5, 0.6) is 5.75 Å². The van der Waals surface area contributed by atoms with E-state index in [2.05, 4.69) is 5.10 Å². The second-order valence-electron chi connectivity index (χ2n) is 4.62. The number of aromatic nitrogens is 2. The number of hydrogen-bond donors (Lipinski definition) is 1. The summed E-state index contributed by atoms with van der Waals surface area (Å²) in [6, 6.07) is 7.29. The molecule has 2 aromatic rings. The maximum Gasteiger partial charge on any atom is 0.356 e. The minimum absolute atomic E-state index is 0.0137. The van der Waals surface area contributed by atoms with E-state index in [9.17, 15) is 4.79 Å². The number of hydrogen-bond acceptors (Lipinski definition) is 4. The fraction of sp³-hybridized carbons (Fsp3) is 0.286. The molecule has 0 aliphatic rings. The summed E-state index contributed by atoms with van der Waals surface area (Å²) >= 11 is 0. The zero-order valence-corrected chi connectivity index (χ0v) is 11.9. The average Bonchev–Trinajstić information content (AvgIpc) is 2.80. The van der Waals surface area contributed by atoms with E-state index in [1.54, 1.807) is 24.9 Å². The van der Waals surface area contributed by atoms with Gasteiger partial charge in [0.05, 0.1) is 12.8 Å². The monoisotopic (exact) mass is 275 g/mol. The lowest BCUT2D eigenvalue weighted by Gasteiger charge is -2.16. The topological polar surface area (TPSA) is 67.6 Å². The van der Waals surface area contributed by atoms with Gasteiger partial charge in [-0.15, -0.1) is 0 Å². The van der Waals surface area contributed by atoms with Crippen LogP contribution < -0.4 is 9.64 Å². The Morgan fingerprint density at radius 2 is 2.05 bits per heavy atom. The van der Waals surface area contributed by atoms with Gasteiger partial charge in [-0.2, -0.15) is 5.10 Å². The average molecular weight is 275 g/mol. The molecule has 6 nitrogen and oxygen atoms in total. The summed E-state index contributed by atoms with van der Waals surface area (Å²) in [4.78, 5) is 13.0. The van der Waals surface area contributed by atoms with Gasteiger partial charge in [0.1, 0.15) is 5.75 Å². The minimum Gasteiger partial charge on any atom is -0.496 e. The highest BCUT2D eigenvalue weighted by atomic mass is 16.5. The molecule has 1 aromatic carbocycles. The highest BCUT2D eigenvalue weighted by Gasteiger charge is 2.16. The van der Waals surface area contributed by atoms with E-state index in [0.29, 0.717) is 11.4 Å². The molecule has 0 radical (unpaired) electrons. The van der Waals surface area contributed by atoms with Gasteiger partial charge in [-0.1, -0.05) is 0 Å². The number of carbonyl (C=O) groups is 1. The lowest BCUT2D eigenvalue weighted by Crippen LogP contribution is -2.09. The first-order valence-electron chi connectivity index (χ1n) is 6.07. The van der Waals surface area contributed by atoms with Crippen LogP contribution in [0.15, 0.2) is 24.3 Å². The Labute approximate surface area is 117 Å². The van der Waals surface area contributed by atoms with E-state index in [-0.39, 0.29) is 5.69 Å². The van der Waals surface area contributed by atoms with Crippen molar-refractivity contribution in [2.75, 3.05) is 26.1 Å². The van der Waals surface area contributed by atoms with Gasteiger partial charge in [-0.25, -0.2) is 4.79 Å². The number of methoxy groups -OCH3 is 1. The zero-order valence-electron chi connectivity index (χ0n) is 11.9. The van der Waals surface area contributed by atoms with Crippen molar-refractivity contribution in [1.82, 2.24) is 9.78 Å². The third kappa shape index (κ3) is 2.45. The molecule has 0 fully saturated rings. The summed E-state index contributed by atoms with van der Waals surface area (Å²) in [6.45, 7) is 0. The Morgan fingerprint density at radius 1 is 1.35 bits per heavy atom. The number of carboxylic acid groups (broad SMARTS) is 1. The predicted molar refractivity (Wildman–Crippen MR) is 76.5 cm³/mol. The van der Waals surface area contributed by atoms with Crippen LogP contribution in [0, 0.1) is 0 Å². The van der Waals surface area contributed by atoms with E-state index in [0.717, 1.165) is 11.3 Å². The molecule has 1 N–H and O–H groups in total. The molecule has 0 aliphatic heterocycles. The van der Waals surface area contributed by atoms with E-state index in [1.807, 2.05) is 37.2 Å². The van der Waals surface area contributed by atoms with Crippen molar-refractivity contribution < 1.29 is 14.6 Å². The molecule has 0 saturated carbocycles. The zero-order chi connectivity index (χ0) is 14.9. The fourth-order valence-electron chi connectivity index (χ4n) is 2.00. The van der Waals surface area contributed by atoms with Crippen LogP contribution in [-0.2, 0) is 7.05 Å². The fourth-order valence-corrected chi connectivity index (χ4v) is 2.00. The molecule has 0 amide bonds. The molecular formula is C14H17N3O3. The van der Waals surface area contributed by atoms with Crippen LogP contribution in [0.4, 0.5) is 5.69 Å². The van der Waals surface area contributed by atoms with Crippen molar-refractivity contribution in [1.29, 1.82) is 0 Å². The lowest BCUT2D eigenvalue weighted by molar-refractivity contribution is 0.0689. The molecule has 0 spiro atoms. The molecular weight excluding hydrogens is 258 g/mol. The maximum absolute atomic E-state index is 11.0. The number of anilines is 1. The van der Waals surface area contributed by atoms with Gasteiger partial charge < -0.3 is 14.7 Å². The normalized spacial score (nSPS) is 10.4. The summed E-state index contributed by atoms with van der Waals surface area (Å²) in [5.41, 5.74) is 2.52. The molecule has 1 aromatic heterocycles. The largest absolute Gasteiger partial charge is 0.496 e. The van der Waals surface area contributed by atoms with Crippen molar-refractivity contribution in [2.24, 2.45) is 7.05 Å². The quantitative estimate of drug-likeness (QED) is 0.922. The predicted octanol–water partition coefficient (Wildman–Crippen LogP) is 1.86. The first kappa shape index (κ1) is 13.9. The molecule has 0 unspecified atom stereocenters. The van der Waals surface area contributed by atoms with Crippen molar-refractivity contribution in [3.63, 3.8) is 0 Å². The number of ether oxygens (including phenoxy) is 1. The van der Waals surface area contributed by atoms with E-state index in [4.69, 9.17) is 9.84 Å². The van der Waals surface area contributed by atoms with Crippen LogP contribution in [0.2, 0.25) is 0 Å². The number of nitrogens with zero attached hydrogens (tertiary/aromatic N) is 3. The van der Waals surface area contributed by atoms with Crippen LogP contribution in [0.1, 0.15) is 10.5 Å². The van der Waals surface area contributed by atoms with Crippen LogP contribution >= 0.6 is 0 Å². The third-order valence-electron chi connectivity index (χ3n) is 3.07. The van der Waals surface area contributed by atoms with Gasteiger partial charge in [0.25, 0.3) is 0 Å². The second-order valence-corrected chi connectivity index (χ2v) is 4.62. The van der Waals surface area contributed by atoms with Gasteiger partial charge in [0.2, 0.25) is 0 Å². The lowest BCUT2D eigenvalue weighted by atomic mass is 10.1. The maximum atomic E-state index is 11.0. The Bertz CT molecular complexity index is 647. The third-order valence-corrected chi connectivity index (χ3v) is 3.07. The van der Waals surface area contributed by atoms with Gasteiger partial charge in [0.15, 0.2) is 5.69 Å². The van der Waals surface area contributed by atoms with Gasteiger partial charge in [-0.05, 0) is 24.3 Å². The molecule has 2 rings (SSSR count). The minimum atomic E-state index is -1.05. The molecule has 0 saturated heterocycles. The Kier molecular flexibility index (Phi) is 3.65. The molecule has 0 bridgehead atoms. The second kappa shape index (κ2) is 5.24. The van der Waals surface area contributed by atoms with E-state index >= 15 is 0 Å². The Hall–Kier alpha value is -2.50. The summed E-state index contributed by atoms with van der Waals surface area (Å²) in [7, 11) is 7.18. The number of aromatic carboxylic acids is 1. The van der Waals surface area contributed by atoms with Crippen LogP contribution in [0.25, 0.3) is 11.3 Å². The SMILES string of the molecule is COc1ccc(N(C)C)cc1-c1cc(C(=O)O)nn1C. The number of benzene rings is 1. The van der Waals surface area contributed by atoms with Crippen molar-refractivity contribution in [3.05, 3.63) is 30.0 Å². The van der Waals surface area contributed by atoms with Gasteiger partial charge in [0, 0.05) is 32.4 Å². The summed E-state index contributed by atoms with van der Waals surface area (Å²) in [6.07, 6.45) is 0.